The first kappa shape index (κ1) is 12.7. The highest BCUT2D eigenvalue weighted by atomic mass is 16.6. The van der Waals surface area contributed by atoms with Crippen LogP contribution in [0.5, 0.6) is 0 Å². The van der Waals surface area contributed by atoms with Crippen LogP contribution in [0.25, 0.3) is 0 Å². The summed E-state index contributed by atoms with van der Waals surface area (Å²) in [6.45, 7) is 3.30. The van der Waals surface area contributed by atoms with E-state index in [-0.39, 0.29) is 0 Å². The maximum Gasteiger partial charge on any atom is 0.333 e. The van der Waals surface area contributed by atoms with E-state index in [4.69, 9.17) is 4.74 Å². The summed E-state index contributed by atoms with van der Waals surface area (Å²) < 4.78 is 9.60. The number of carbonyl (C=O) groups is 2. The van der Waals surface area contributed by atoms with Crippen molar-refractivity contribution in [2.45, 2.75) is 45.5 Å². The van der Waals surface area contributed by atoms with Crippen molar-refractivity contribution < 1.29 is 24.2 Å². The van der Waals surface area contributed by atoms with Gasteiger partial charge in [0.1, 0.15) is 6.10 Å². The lowest BCUT2D eigenvalue weighted by Crippen LogP contribution is -2.25. The SMILES string of the molecule is CCCCC(OC(C)=O)C1=CC(=O)OC1O. The van der Waals surface area contributed by atoms with Gasteiger partial charge in [0.25, 0.3) is 0 Å². The molecule has 0 saturated carbocycles. The Kier molecular flexibility index (Phi) is 4.49. The zero-order valence-electron chi connectivity index (χ0n) is 9.43. The number of unbranched alkanes of at least 4 members (excludes halogenated alkanes) is 1. The molecule has 1 aliphatic rings. The lowest BCUT2D eigenvalue weighted by molar-refractivity contribution is -0.153. The van der Waals surface area contributed by atoms with Crippen molar-refractivity contribution in [3.63, 3.8) is 0 Å². The lowest BCUT2D eigenvalue weighted by Gasteiger charge is -2.19. The fraction of sp³-hybridized carbons (Fsp3) is 0.636. The summed E-state index contributed by atoms with van der Waals surface area (Å²) in [4.78, 5) is 21.8. The molecule has 0 bridgehead atoms. The monoisotopic (exact) mass is 228 g/mol. The zero-order valence-corrected chi connectivity index (χ0v) is 9.43. The minimum absolute atomic E-state index is 0.327. The van der Waals surface area contributed by atoms with Crippen molar-refractivity contribution in [2.24, 2.45) is 0 Å². The van der Waals surface area contributed by atoms with E-state index in [0.29, 0.717) is 12.0 Å². The molecule has 1 aliphatic heterocycles. The molecule has 0 aliphatic carbocycles. The topological polar surface area (TPSA) is 72.8 Å². The molecule has 0 spiro atoms. The number of aliphatic hydroxyl groups is 1. The van der Waals surface area contributed by atoms with Crippen LogP contribution in [0.1, 0.15) is 33.1 Å². The minimum atomic E-state index is -1.28. The molecule has 2 atom stereocenters. The summed E-state index contributed by atoms with van der Waals surface area (Å²) in [6, 6.07) is 0. The van der Waals surface area contributed by atoms with Gasteiger partial charge in [0.2, 0.25) is 6.29 Å². The normalized spacial score (nSPS) is 21.3. The van der Waals surface area contributed by atoms with Gasteiger partial charge in [-0.1, -0.05) is 13.3 Å². The molecule has 0 radical (unpaired) electrons. The van der Waals surface area contributed by atoms with Gasteiger partial charge in [0.15, 0.2) is 0 Å². The number of esters is 2. The van der Waals surface area contributed by atoms with Crippen LogP contribution < -0.4 is 0 Å². The first-order chi connectivity index (χ1) is 7.54. The number of rotatable bonds is 5. The van der Waals surface area contributed by atoms with E-state index in [1.807, 2.05) is 6.92 Å². The average Bonchev–Trinajstić information content (AvgIpc) is 2.52. The Hall–Kier alpha value is -1.36. The third-order valence-electron chi connectivity index (χ3n) is 2.30. The number of cyclic esters (lactones) is 1. The highest BCUT2D eigenvalue weighted by Gasteiger charge is 2.31. The summed E-state index contributed by atoms with van der Waals surface area (Å²) in [7, 11) is 0. The second-order valence-electron chi connectivity index (χ2n) is 3.67. The second kappa shape index (κ2) is 5.65. The summed E-state index contributed by atoms with van der Waals surface area (Å²) in [5, 5.41) is 9.44. The van der Waals surface area contributed by atoms with E-state index in [1.54, 1.807) is 0 Å². The molecule has 16 heavy (non-hydrogen) atoms. The van der Waals surface area contributed by atoms with Gasteiger partial charge in [-0.2, -0.15) is 0 Å². The summed E-state index contributed by atoms with van der Waals surface area (Å²) >= 11 is 0. The Morgan fingerprint density at radius 3 is 2.81 bits per heavy atom. The van der Waals surface area contributed by atoms with Crippen molar-refractivity contribution in [3.05, 3.63) is 11.6 Å². The Morgan fingerprint density at radius 2 is 2.38 bits per heavy atom. The molecule has 5 heteroatoms. The van der Waals surface area contributed by atoms with E-state index in [0.717, 1.165) is 12.8 Å². The molecular weight excluding hydrogens is 212 g/mol. The summed E-state index contributed by atoms with van der Waals surface area (Å²) in [6.07, 6.45) is 1.70. The molecule has 0 aromatic rings. The first-order valence-electron chi connectivity index (χ1n) is 5.32. The van der Waals surface area contributed by atoms with E-state index >= 15 is 0 Å². The molecule has 90 valence electrons. The molecule has 0 aromatic carbocycles. The van der Waals surface area contributed by atoms with Crippen molar-refractivity contribution in [1.82, 2.24) is 0 Å². The van der Waals surface area contributed by atoms with Crippen molar-refractivity contribution in [3.8, 4) is 0 Å². The maximum absolute atomic E-state index is 10.9. The van der Waals surface area contributed by atoms with Crippen molar-refractivity contribution in [2.75, 3.05) is 0 Å². The van der Waals surface area contributed by atoms with Crippen LogP contribution in [0.4, 0.5) is 0 Å². The number of aliphatic hydroxyl groups excluding tert-OH is 1. The van der Waals surface area contributed by atoms with Crippen LogP contribution in [0.3, 0.4) is 0 Å². The van der Waals surface area contributed by atoms with Crippen LogP contribution in [0.15, 0.2) is 11.6 Å². The average molecular weight is 228 g/mol. The number of carbonyl (C=O) groups excluding carboxylic acids is 2. The first-order valence-corrected chi connectivity index (χ1v) is 5.32. The maximum atomic E-state index is 10.9. The Morgan fingerprint density at radius 1 is 1.69 bits per heavy atom. The van der Waals surface area contributed by atoms with Gasteiger partial charge in [-0.3, -0.25) is 4.79 Å². The number of ether oxygens (including phenoxy) is 2. The molecular formula is C11H16O5. The standard InChI is InChI=1S/C11H16O5/c1-3-4-5-9(15-7(2)12)8-6-10(13)16-11(8)14/h6,9,11,14H,3-5H2,1-2H3. The summed E-state index contributed by atoms with van der Waals surface area (Å²) in [5.74, 6) is -1.04. The third kappa shape index (κ3) is 3.34. The second-order valence-corrected chi connectivity index (χ2v) is 3.67. The molecule has 2 unspecified atom stereocenters. The fourth-order valence-electron chi connectivity index (χ4n) is 1.55. The van der Waals surface area contributed by atoms with Gasteiger partial charge in [0, 0.05) is 18.6 Å². The Labute approximate surface area is 94.0 Å². The zero-order chi connectivity index (χ0) is 12.1. The summed E-state index contributed by atoms with van der Waals surface area (Å²) in [5.41, 5.74) is 0.327. The smallest absolute Gasteiger partial charge is 0.333 e. The molecule has 0 saturated heterocycles. The van der Waals surface area contributed by atoms with Crippen LogP contribution in [0, 0.1) is 0 Å². The fourth-order valence-corrected chi connectivity index (χ4v) is 1.55. The molecule has 1 N–H and O–H groups in total. The largest absolute Gasteiger partial charge is 0.458 e. The molecule has 1 rings (SSSR count). The van der Waals surface area contributed by atoms with Crippen molar-refractivity contribution >= 4 is 11.9 Å². The van der Waals surface area contributed by atoms with E-state index in [2.05, 4.69) is 4.74 Å². The highest BCUT2D eigenvalue weighted by molar-refractivity contribution is 5.86. The predicted octanol–water partition coefficient (Wildman–Crippen LogP) is 0.910. The van der Waals surface area contributed by atoms with E-state index < -0.39 is 24.3 Å². The van der Waals surface area contributed by atoms with Gasteiger partial charge in [-0.05, 0) is 12.8 Å². The lowest BCUT2D eigenvalue weighted by atomic mass is 10.0. The van der Waals surface area contributed by atoms with Crippen molar-refractivity contribution in [1.29, 1.82) is 0 Å². The number of hydrogen-bond donors (Lipinski definition) is 1. The van der Waals surface area contributed by atoms with Gasteiger partial charge >= 0.3 is 11.9 Å². The predicted molar refractivity (Wildman–Crippen MR) is 55.3 cm³/mol. The van der Waals surface area contributed by atoms with Gasteiger partial charge in [0.05, 0.1) is 0 Å². The van der Waals surface area contributed by atoms with Gasteiger partial charge < -0.3 is 14.6 Å². The van der Waals surface area contributed by atoms with Gasteiger partial charge in [-0.15, -0.1) is 0 Å². The van der Waals surface area contributed by atoms with Crippen LogP contribution in [-0.2, 0) is 19.1 Å². The van der Waals surface area contributed by atoms with E-state index in [9.17, 15) is 14.7 Å². The minimum Gasteiger partial charge on any atom is -0.458 e. The highest BCUT2D eigenvalue weighted by Crippen LogP contribution is 2.23. The molecule has 0 fully saturated rings. The number of hydrogen-bond acceptors (Lipinski definition) is 5. The van der Waals surface area contributed by atoms with Crippen LogP contribution in [-0.4, -0.2) is 29.4 Å². The van der Waals surface area contributed by atoms with Gasteiger partial charge in [-0.25, -0.2) is 4.79 Å². The quantitative estimate of drug-likeness (QED) is 0.708. The van der Waals surface area contributed by atoms with Crippen LogP contribution in [0.2, 0.25) is 0 Å². The Bertz CT molecular complexity index is 307. The Balaban J connectivity index is 2.71. The molecule has 1 heterocycles. The molecule has 5 nitrogen and oxygen atoms in total. The third-order valence-corrected chi connectivity index (χ3v) is 2.30. The van der Waals surface area contributed by atoms with E-state index in [1.165, 1.54) is 13.0 Å². The molecule has 0 amide bonds. The molecule has 0 aromatic heterocycles. The van der Waals surface area contributed by atoms with Crippen LogP contribution >= 0.6 is 0 Å².